The Labute approximate surface area is 184 Å². The molecule has 176 valence electrons. The maximum Gasteiger partial charge on any atom is 0.238 e. The fraction of sp³-hybridized carbons (Fsp3) is 0.286. The van der Waals surface area contributed by atoms with Crippen LogP contribution in [0.4, 0.5) is 0 Å². The molecule has 1 fully saturated rings. The highest BCUT2D eigenvalue weighted by Gasteiger charge is 2.45. The van der Waals surface area contributed by atoms with Gasteiger partial charge in [0.1, 0.15) is 41.3 Å². The molecule has 1 aliphatic rings. The Kier molecular flexibility index (Phi) is 5.78. The van der Waals surface area contributed by atoms with E-state index in [2.05, 4.69) is 0 Å². The molecule has 1 aliphatic heterocycles. The molecule has 0 amide bonds. The first-order chi connectivity index (χ1) is 15.6. The van der Waals surface area contributed by atoms with Gasteiger partial charge >= 0.3 is 0 Å². The first-order valence-corrected chi connectivity index (χ1v) is 9.65. The van der Waals surface area contributed by atoms with Crippen LogP contribution in [-0.2, 0) is 4.74 Å². The predicted octanol–water partition coefficient (Wildman–Crippen LogP) is -0.539. The third-order valence-electron chi connectivity index (χ3n) is 5.27. The lowest BCUT2D eigenvalue weighted by molar-refractivity contribution is -0.277. The largest absolute Gasteiger partial charge is 0.508 e. The molecule has 2 heterocycles. The lowest BCUT2D eigenvalue weighted by Crippen LogP contribution is -2.60. The summed E-state index contributed by atoms with van der Waals surface area (Å²) in [5.74, 6) is -3.43. The molecule has 1 aromatic heterocycles. The van der Waals surface area contributed by atoms with Crippen LogP contribution >= 0.6 is 0 Å². The first kappa shape index (κ1) is 22.6. The molecular formula is C21H20O12. The minimum atomic E-state index is -1.84. The number of hydrogen-bond donors (Lipinski definition) is 8. The second-order valence-corrected chi connectivity index (χ2v) is 7.42. The number of aliphatic hydroxyl groups is 4. The van der Waals surface area contributed by atoms with Crippen LogP contribution in [0.1, 0.15) is 0 Å². The number of ether oxygens (including phenoxy) is 2. The molecule has 0 saturated carbocycles. The van der Waals surface area contributed by atoms with Crippen molar-refractivity contribution in [2.45, 2.75) is 30.7 Å². The zero-order valence-electron chi connectivity index (χ0n) is 16.7. The minimum absolute atomic E-state index is 0.0942. The van der Waals surface area contributed by atoms with E-state index in [1.54, 1.807) is 0 Å². The number of phenols is 3. The van der Waals surface area contributed by atoms with Gasteiger partial charge in [0.2, 0.25) is 23.2 Å². The average Bonchev–Trinajstić information content (AvgIpc) is 2.78. The van der Waals surface area contributed by atoms with Crippen molar-refractivity contribution in [2.75, 3.05) is 6.61 Å². The van der Waals surface area contributed by atoms with E-state index in [-0.39, 0.29) is 17.1 Å². The van der Waals surface area contributed by atoms with Crippen molar-refractivity contribution in [3.63, 3.8) is 0 Å². The van der Waals surface area contributed by atoms with Crippen LogP contribution in [0.2, 0.25) is 0 Å². The van der Waals surface area contributed by atoms with Gasteiger partial charge in [0, 0.05) is 11.6 Å². The van der Waals surface area contributed by atoms with Gasteiger partial charge in [-0.25, -0.2) is 0 Å². The van der Waals surface area contributed by atoms with Gasteiger partial charge < -0.3 is 54.7 Å². The highest BCUT2D eigenvalue weighted by atomic mass is 16.7. The van der Waals surface area contributed by atoms with Gasteiger partial charge in [-0.3, -0.25) is 4.79 Å². The van der Waals surface area contributed by atoms with Crippen LogP contribution in [0, 0.1) is 0 Å². The minimum Gasteiger partial charge on any atom is -0.508 e. The number of phenolic OH excluding ortho intramolecular Hbond substituents is 3. The van der Waals surface area contributed by atoms with Gasteiger partial charge in [-0.15, -0.1) is 0 Å². The van der Waals surface area contributed by atoms with Gasteiger partial charge in [0.15, 0.2) is 17.1 Å². The maximum absolute atomic E-state index is 12.8. The summed E-state index contributed by atoms with van der Waals surface area (Å²) in [6.07, 6.45) is -8.34. The van der Waals surface area contributed by atoms with Crippen molar-refractivity contribution in [3.8, 4) is 40.1 Å². The Morgan fingerprint density at radius 2 is 1.58 bits per heavy atom. The van der Waals surface area contributed by atoms with Crippen LogP contribution in [0.25, 0.3) is 22.3 Å². The zero-order chi connectivity index (χ0) is 24.0. The molecule has 8 N–H and O–H groups in total. The van der Waals surface area contributed by atoms with Gasteiger partial charge in [0.25, 0.3) is 0 Å². The van der Waals surface area contributed by atoms with Crippen molar-refractivity contribution >= 4 is 11.0 Å². The third-order valence-corrected chi connectivity index (χ3v) is 5.27. The highest BCUT2D eigenvalue weighted by Crippen LogP contribution is 2.43. The fourth-order valence-electron chi connectivity index (χ4n) is 3.51. The van der Waals surface area contributed by atoms with Crippen LogP contribution in [-0.4, -0.2) is 78.2 Å². The summed E-state index contributed by atoms with van der Waals surface area (Å²) in [6.45, 7) is -0.735. The summed E-state index contributed by atoms with van der Waals surface area (Å²) in [7, 11) is 0. The molecule has 4 rings (SSSR count). The zero-order valence-corrected chi connectivity index (χ0v) is 16.7. The van der Waals surface area contributed by atoms with E-state index in [4.69, 9.17) is 13.9 Å². The molecule has 5 atom stereocenters. The number of aromatic hydroxyl groups is 4. The van der Waals surface area contributed by atoms with Crippen molar-refractivity contribution in [1.29, 1.82) is 0 Å². The van der Waals surface area contributed by atoms with Crippen LogP contribution in [0.15, 0.2) is 39.5 Å². The molecule has 33 heavy (non-hydrogen) atoms. The Bertz CT molecular complexity index is 1230. The Balaban J connectivity index is 1.88. The third kappa shape index (κ3) is 3.79. The molecule has 2 aromatic carbocycles. The van der Waals surface area contributed by atoms with Crippen molar-refractivity contribution in [2.24, 2.45) is 0 Å². The number of hydrogen-bond acceptors (Lipinski definition) is 12. The van der Waals surface area contributed by atoms with Crippen molar-refractivity contribution in [3.05, 3.63) is 40.6 Å². The molecule has 12 nitrogen and oxygen atoms in total. The van der Waals surface area contributed by atoms with Crippen LogP contribution in [0.5, 0.6) is 28.7 Å². The standard InChI is InChI=1S/C21H20O12/c22-6-11-13(26)15(28)17(30)21(31-11)33-19-10(25)5-9(24)12-14(27)16(29)18(32-20(12)19)7-1-3-8(23)4-2-7/h1-5,11,13,15,17,21-26,28-30H,6H2/t11-,13-,15+,17-,21-/m1/s1. The van der Waals surface area contributed by atoms with Gasteiger partial charge in [0.05, 0.1) is 6.61 Å². The van der Waals surface area contributed by atoms with E-state index >= 15 is 0 Å². The normalized spacial score (nSPS) is 25.3. The Morgan fingerprint density at radius 3 is 2.21 bits per heavy atom. The average molecular weight is 464 g/mol. The van der Waals surface area contributed by atoms with Gasteiger partial charge in [-0.05, 0) is 24.3 Å². The van der Waals surface area contributed by atoms with E-state index in [0.717, 1.165) is 6.07 Å². The number of fused-ring (bicyclic) bond motifs is 1. The lowest BCUT2D eigenvalue weighted by atomic mass is 9.99. The van der Waals surface area contributed by atoms with E-state index in [1.165, 1.54) is 24.3 Å². The van der Waals surface area contributed by atoms with E-state index < -0.39 is 76.7 Å². The Morgan fingerprint density at radius 1 is 0.909 bits per heavy atom. The molecule has 0 radical (unpaired) electrons. The molecule has 1 saturated heterocycles. The van der Waals surface area contributed by atoms with E-state index in [9.17, 15) is 45.6 Å². The lowest BCUT2D eigenvalue weighted by Gasteiger charge is -2.39. The molecule has 3 aromatic rings. The predicted molar refractivity (Wildman–Crippen MR) is 109 cm³/mol. The fourth-order valence-corrected chi connectivity index (χ4v) is 3.51. The number of rotatable bonds is 4. The quantitative estimate of drug-likeness (QED) is 0.245. The molecule has 0 unspecified atom stereocenters. The van der Waals surface area contributed by atoms with Crippen molar-refractivity contribution < 1.29 is 54.7 Å². The smallest absolute Gasteiger partial charge is 0.238 e. The first-order valence-electron chi connectivity index (χ1n) is 9.65. The van der Waals surface area contributed by atoms with Crippen LogP contribution < -0.4 is 10.2 Å². The molecule has 0 bridgehead atoms. The molecular weight excluding hydrogens is 444 g/mol. The molecule has 0 spiro atoms. The second-order valence-electron chi connectivity index (χ2n) is 7.42. The summed E-state index contributed by atoms with van der Waals surface area (Å²) in [5.41, 5.74) is -1.45. The summed E-state index contributed by atoms with van der Waals surface area (Å²) in [5, 5.41) is 79.3. The molecule has 0 aliphatic carbocycles. The highest BCUT2D eigenvalue weighted by molar-refractivity contribution is 5.93. The van der Waals surface area contributed by atoms with E-state index in [0.29, 0.717) is 0 Å². The topological polar surface area (TPSA) is 211 Å². The van der Waals surface area contributed by atoms with E-state index in [1.807, 2.05) is 0 Å². The summed E-state index contributed by atoms with van der Waals surface area (Å²) in [4.78, 5) is 12.8. The Hall–Kier alpha value is -3.55. The van der Waals surface area contributed by atoms with Gasteiger partial charge in [-0.1, -0.05) is 0 Å². The second kappa shape index (κ2) is 8.42. The summed E-state index contributed by atoms with van der Waals surface area (Å²) in [6, 6.07) is 5.94. The monoisotopic (exact) mass is 464 g/mol. The van der Waals surface area contributed by atoms with Gasteiger partial charge in [-0.2, -0.15) is 0 Å². The summed E-state index contributed by atoms with van der Waals surface area (Å²) >= 11 is 0. The number of benzene rings is 2. The summed E-state index contributed by atoms with van der Waals surface area (Å²) < 4.78 is 16.3. The molecule has 12 heteroatoms. The number of aliphatic hydroxyl groups excluding tert-OH is 4. The van der Waals surface area contributed by atoms with Crippen LogP contribution in [0.3, 0.4) is 0 Å². The SMILES string of the molecule is O=c1c(O)c(-c2ccc(O)cc2)oc2c(O[C@H]3O[C@H](CO)[C@@H](O)[C@H](O)[C@H]3O)c(O)cc(O)c12. The van der Waals surface area contributed by atoms with Crippen molar-refractivity contribution in [1.82, 2.24) is 0 Å². The maximum atomic E-state index is 12.8.